The van der Waals surface area contributed by atoms with Gasteiger partial charge in [0, 0.05) is 19.1 Å². The maximum Gasteiger partial charge on any atom is 0.215 e. The molecule has 2 atom stereocenters. The van der Waals surface area contributed by atoms with E-state index in [-0.39, 0.29) is 5.25 Å². The second-order valence-electron chi connectivity index (χ2n) is 5.54. The third-order valence-corrected chi connectivity index (χ3v) is 5.72. The zero-order valence-corrected chi connectivity index (χ0v) is 13.3. The smallest absolute Gasteiger partial charge is 0.215 e. The molecule has 0 saturated carbocycles. The Morgan fingerprint density at radius 3 is 2.74 bits per heavy atom. The number of likely N-dealkylation sites (tertiary alicyclic amines) is 1. The van der Waals surface area contributed by atoms with Gasteiger partial charge in [-0.25, -0.2) is 13.1 Å². The zero-order chi connectivity index (χ0) is 14.3. The molecule has 0 aromatic heterocycles. The molecule has 0 amide bonds. The molecule has 114 valence electrons. The summed E-state index contributed by atoms with van der Waals surface area (Å²) in [6, 6.07) is 0.647. The van der Waals surface area contributed by atoms with Crippen LogP contribution in [0.15, 0.2) is 0 Å². The molecule has 0 spiro atoms. The Morgan fingerprint density at radius 1 is 1.37 bits per heavy atom. The van der Waals surface area contributed by atoms with Crippen LogP contribution in [-0.2, 0) is 10.0 Å². The van der Waals surface area contributed by atoms with Crippen LogP contribution in [0.1, 0.15) is 39.5 Å². The molecular weight excluding hydrogens is 262 g/mol. The second-order valence-corrected chi connectivity index (χ2v) is 7.73. The summed E-state index contributed by atoms with van der Waals surface area (Å²) in [5.74, 6) is 0. The fourth-order valence-electron chi connectivity index (χ4n) is 2.53. The molecule has 1 aliphatic rings. The Kier molecular flexibility index (Phi) is 7.28. The molecule has 2 unspecified atom stereocenters. The van der Waals surface area contributed by atoms with Gasteiger partial charge in [0.05, 0.1) is 5.25 Å². The van der Waals surface area contributed by atoms with Gasteiger partial charge in [-0.05, 0) is 53.2 Å². The first-order valence-electron chi connectivity index (χ1n) is 7.34. The SMILES string of the molecule is CNCC(C)S(=O)(=O)NCCCN1CCCCC1C. The third kappa shape index (κ3) is 5.77. The van der Waals surface area contributed by atoms with E-state index in [0.29, 0.717) is 19.1 Å². The summed E-state index contributed by atoms with van der Waals surface area (Å²) >= 11 is 0. The Balaban J connectivity index is 2.22. The minimum Gasteiger partial charge on any atom is -0.318 e. The van der Waals surface area contributed by atoms with Gasteiger partial charge in [-0.15, -0.1) is 0 Å². The van der Waals surface area contributed by atoms with Crippen molar-refractivity contribution >= 4 is 10.0 Å². The van der Waals surface area contributed by atoms with Crippen molar-refractivity contribution in [1.82, 2.24) is 14.9 Å². The van der Waals surface area contributed by atoms with E-state index in [0.717, 1.165) is 19.5 Å². The summed E-state index contributed by atoms with van der Waals surface area (Å²) in [6.07, 6.45) is 4.75. The minimum atomic E-state index is -3.17. The molecule has 5 nitrogen and oxygen atoms in total. The van der Waals surface area contributed by atoms with E-state index in [2.05, 4.69) is 21.9 Å². The highest BCUT2D eigenvalue weighted by Crippen LogP contribution is 2.16. The number of rotatable bonds is 8. The molecule has 0 aromatic carbocycles. The van der Waals surface area contributed by atoms with Crippen LogP contribution >= 0.6 is 0 Å². The molecule has 2 N–H and O–H groups in total. The van der Waals surface area contributed by atoms with Crippen molar-refractivity contribution < 1.29 is 8.42 Å². The van der Waals surface area contributed by atoms with Crippen LogP contribution in [0.3, 0.4) is 0 Å². The molecule has 1 saturated heterocycles. The van der Waals surface area contributed by atoms with Gasteiger partial charge in [0.2, 0.25) is 10.0 Å². The number of nitrogens with zero attached hydrogens (tertiary/aromatic N) is 1. The highest BCUT2D eigenvalue weighted by molar-refractivity contribution is 7.90. The van der Waals surface area contributed by atoms with E-state index in [4.69, 9.17) is 0 Å². The van der Waals surface area contributed by atoms with Crippen molar-refractivity contribution in [2.45, 2.75) is 50.8 Å². The molecule has 1 aliphatic heterocycles. The summed E-state index contributed by atoms with van der Waals surface area (Å²) in [4.78, 5) is 2.47. The first kappa shape index (κ1) is 16.9. The average Bonchev–Trinajstić information content (AvgIpc) is 2.37. The van der Waals surface area contributed by atoms with Crippen LogP contribution in [0.5, 0.6) is 0 Å². The van der Waals surface area contributed by atoms with Crippen molar-refractivity contribution in [3.8, 4) is 0 Å². The van der Waals surface area contributed by atoms with Gasteiger partial charge in [0.1, 0.15) is 0 Å². The lowest BCUT2D eigenvalue weighted by Crippen LogP contribution is -2.41. The van der Waals surface area contributed by atoms with E-state index in [9.17, 15) is 8.42 Å². The monoisotopic (exact) mass is 291 g/mol. The van der Waals surface area contributed by atoms with Gasteiger partial charge in [0.15, 0.2) is 0 Å². The van der Waals surface area contributed by atoms with Crippen molar-refractivity contribution in [2.24, 2.45) is 0 Å². The molecule has 1 rings (SSSR count). The largest absolute Gasteiger partial charge is 0.318 e. The van der Waals surface area contributed by atoms with Gasteiger partial charge in [-0.2, -0.15) is 0 Å². The topological polar surface area (TPSA) is 61.4 Å². The van der Waals surface area contributed by atoms with Crippen molar-refractivity contribution in [1.29, 1.82) is 0 Å². The van der Waals surface area contributed by atoms with E-state index < -0.39 is 10.0 Å². The van der Waals surface area contributed by atoms with Crippen LogP contribution in [-0.4, -0.2) is 57.8 Å². The summed E-state index contributed by atoms with van der Waals surface area (Å²) in [5.41, 5.74) is 0. The molecule has 0 aromatic rings. The number of hydrogen-bond acceptors (Lipinski definition) is 4. The highest BCUT2D eigenvalue weighted by atomic mass is 32.2. The number of hydrogen-bond donors (Lipinski definition) is 2. The Bertz CT molecular complexity index is 346. The Hall–Kier alpha value is -0.170. The molecule has 0 bridgehead atoms. The first-order valence-corrected chi connectivity index (χ1v) is 8.89. The van der Waals surface area contributed by atoms with Gasteiger partial charge in [0.25, 0.3) is 0 Å². The normalized spacial score (nSPS) is 23.4. The lowest BCUT2D eigenvalue weighted by molar-refractivity contribution is 0.159. The van der Waals surface area contributed by atoms with E-state index in [1.165, 1.54) is 19.3 Å². The molecule has 1 heterocycles. The number of piperidine rings is 1. The van der Waals surface area contributed by atoms with Crippen molar-refractivity contribution in [3.05, 3.63) is 0 Å². The van der Waals surface area contributed by atoms with Crippen LogP contribution in [0.4, 0.5) is 0 Å². The second kappa shape index (κ2) is 8.19. The predicted octanol–water partition coefficient (Wildman–Crippen LogP) is 0.778. The highest BCUT2D eigenvalue weighted by Gasteiger charge is 2.20. The molecule has 1 fully saturated rings. The molecular formula is C13H29N3O2S. The number of sulfonamides is 1. The third-order valence-electron chi connectivity index (χ3n) is 3.89. The summed E-state index contributed by atoms with van der Waals surface area (Å²) in [7, 11) is -1.40. The van der Waals surface area contributed by atoms with Gasteiger partial charge >= 0.3 is 0 Å². The maximum atomic E-state index is 11.9. The molecule has 19 heavy (non-hydrogen) atoms. The Morgan fingerprint density at radius 2 is 2.11 bits per heavy atom. The Labute approximate surface area is 118 Å². The lowest BCUT2D eigenvalue weighted by atomic mass is 10.0. The molecule has 0 radical (unpaired) electrons. The van der Waals surface area contributed by atoms with Gasteiger partial charge in [-0.1, -0.05) is 6.42 Å². The average molecular weight is 291 g/mol. The van der Waals surface area contributed by atoms with Crippen LogP contribution < -0.4 is 10.0 Å². The van der Waals surface area contributed by atoms with Crippen LogP contribution in [0, 0.1) is 0 Å². The predicted molar refractivity (Wildman–Crippen MR) is 79.8 cm³/mol. The quantitative estimate of drug-likeness (QED) is 0.649. The van der Waals surface area contributed by atoms with E-state index in [1.54, 1.807) is 14.0 Å². The van der Waals surface area contributed by atoms with Gasteiger partial charge in [-0.3, -0.25) is 0 Å². The first-order chi connectivity index (χ1) is 8.97. The molecule has 6 heteroatoms. The fraction of sp³-hybridized carbons (Fsp3) is 1.00. The summed E-state index contributed by atoms with van der Waals surface area (Å²) in [6.45, 7) is 7.16. The van der Waals surface area contributed by atoms with Crippen molar-refractivity contribution in [3.63, 3.8) is 0 Å². The standard InChI is InChI=1S/C13H29N3O2S/c1-12-7-4-5-9-16(12)10-6-8-15-19(17,18)13(2)11-14-3/h12-15H,4-11H2,1-3H3. The van der Waals surface area contributed by atoms with E-state index >= 15 is 0 Å². The zero-order valence-electron chi connectivity index (χ0n) is 12.5. The van der Waals surface area contributed by atoms with Crippen molar-refractivity contribution in [2.75, 3.05) is 33.2 Å². The van der Waals surface area contributed by atoms with Crippen LogP contribution in [0.25, 0.3) is 0 Å². The summed E-state index contributed by atoms with van der Waals surface area (Å²) < 4.78 is 26.4. The fourth-order valence-corrected chi connectivity index (χ4v) is 3.63. The van der Waals surface area contributed by atoms with Gasteiger partial charge < -0.3 is 10.2 Å². The van der Waals surface area contributed by atoms with Crippen LogP contribution in [0.2, 0.25) is 0 Å². The number of nitrogens with one attached hydrogen (secondary N) is 2. The maximum absolute atomic E-state index is 11.9. The summed E-state index contributed by atoms with van der Waals surface area (Å²) in [5, 5.41) is 2.51. The van der Waals surface area contributed by atoms with E-state index in [1.807, 2.05) is 0 Å². The molecule has 0 aliphatic carbocycles. The minimum absolute atomic E-state index is 0.383. The lowest BCUT2D eigenvalue weighted by Gasteiger charge is -2.33.